The van der Waals surface area contributed by atoms with Crippen LogP contribution in [0.5, 0.6) is 17.2 Å². The number of carbonyl (C=O) groups is 1. The van der Waals surface area contributed by atoms with Crippen molar-refractivity contribution in [3.05, 3.63) is 47.5 Å². The van der Waals surface area contributed by atoms with E-state index in [1.165, 1.54) is 6.07 Å². The minimum Gasteiger partial charge on any atom is -0.493 e. The molecule has 3 rings (SSSR count). The van der Waals surface area contributed by atoms with E-state index >= 15 is 0 Å². The number of methoxy groups -OCH3 is 2. The Morgan fingerprint density at radius 1 is 1.00 bits per heavy atom. The number of hydrogen-bond donors (Lipinski definition) is 2. The zero-order chi connectivity index (χ0) is 24.7. The van der Waals surface area contributed by atoms with Crippen molar-refractivity contribution in [3.8, 4) is 17.2 Å². The van der Waals surface area contributed by atoms with E-state index in [1.807, 2.05) is 19.1 Å². The Hall–Kier alpha value is -2.78. The van der Waals surface area contributed by atoms with Crippen LogP contribution >= 0.6 is 0 Å². The Bertz CT molecular complexity index is 1100. The highest BCUT2D eigenvalue weighted by Gasteiger charge is 2.22. The average Bonchev–Trinajstić information content (AvgIpc) is 2.83. The molecule has 0 bridgehead atoms. The van der Waals surface area contributed by atoms with Gasteiger partial charge in [-0.05, 0) is 68.1 Å². The van der Waals surface area contributed by atoms with Crippen molar-refractivity contribution in [2.45, 2.75) is 62.9 Å². The predicted octanol–water partition coefficient (Wildman–Crippen LogP) is 3.88. The fraction of sp³-hybridized carbons (Fsp3) is 0.480. The van der Waals surface area contributed by atoms with E-state index in [-0.39, 0.29) is 29.5 Å². The highest BCUT2D eigenvalue weighted by Crippen LogP contribution is 2.30. The molecule has 1 fully saturated rings. The molecule has 8 nitrogen and oxygen atoms in total. The van der Waals surface area contributed by atoms with E-state index < -0.39 is 10.0 Å². The van der Waals surface area contributed by atoms with Crippen molar-refractivity contribution < 1.29 is 27.4 Å². The highest BCUT2D eigenvalue weighted by atomic mass is 32.2. The number of rotatable bonds is 10. The van der Waals surface area contributed by atoms with Gasteiger partial charge in [0.2, 0.25) is 10.0 Å². The third-order valence-electron chi connectivity index (χ3n) is 6.03. The maximum Gasteiger partial charge on any atom is 0.258 e. The third kappa shape index (κ3) is 6.64. The summed E-state index contributed by atoms with van der Waals surface area (Å²) in [6, 6.07) is 9.86. The van der Waals surface area contributed by atoms with Gasteiger partial charge in [-0.2, -0.15) is 0 Å². The van der Waals surface area contributed by atoms with Gasteiger partial charge in [0.1, 0.15) is 5.75 Å². The lowest BCUT2D eigenvalue weighted by molar-refractivity contribution is -0.123. The van der Waals surface area contributed by atoms with Gasteiger partial charge in [0, 0.05) is 6.04 Å². The second kappa shape index (κ2) is 11.6. The summed E-state index contributed by atoms with van der Waals surface area (Å²) in [6.07, 6.45) is 4.99. The van der Waals surface area contributed by atoms with E-state index in [2.05, 4.69) is 10.0 Å². The van der Waals surface area contributed by atoms with E-state index in [0.29, 0.717) is 22.8 Å². The first kappa shape index (κ1) is 25.8. The van der Waals surface area contributed by atoms with E-state index in [0.717, 1.165) is 37.7 Å². The van der Waals surface area contributed by atoms with Gasteiger partial charge >= 0.3 is 0 Å². The van der Waals surface area contributed by atoms with E-state index in [1.54, 1.807) is 39.3 Å². The van der Waals surface area contributed by atoms with Crippen LogP contribution in [0.3, 0.4) is 0 Å². The summed E-state index contributed by atoms with van der Waals surface area (Å²) in [5.41, 5.74) is 1.51. The van der Waals surface area contributed by atoms with Crippen molar-refractivity contribution in [2.75, 3.05) is 20.8 Å². The largest absolute Gasteiger partial charge is 0.493 e. The van der Waals surface area contributed by atoms with Crippen LogP contribution in [0.2, 0.25) is 0 Å². The molecule has 2 N–H and O–H groups in total. The van der Waals surface area contributed by atoms with Gasteiger partial charge in [0.05, 0.1) is 25.2 Å². The van der Waals surface area contributed by atoms with E-state index in [4.69, 9.17) is 14.2 Å². The molecule has 0 heterocycles. The summed E-state index contributed by atoms with van der Waals surface area (Å²) >= 11 is 0. The van der Waals surface area contributed by atoms with Gasteiger partial charge in [-0.1, -0.05) is 25.3 Å². The molecule has 0 unspecified atom stereocenters. The first-order valence-electron chi connectivity index (χ1n) is 11.5. The van der Waals surface area contributed by atoms with Crippen LogP contribution in [-0.4, -0.2) is 41.2 Å². The number of benzene rings is 2. The molecule has 0 saturated heterocycles. The van der Waals surface area contributed by atoms with Crippen LogP contribution < -0.4 is 24.2 Å². The lowest BCUT2D eigenvalue weighted by Crippen LogP contribution is -2.36. The zero-order valence-corrected chi connectivity index (χ0v) is 21.0. The van der Waals surface area contributed by atoms with Crippen molar-refractivity contribution in [2.24, 2.45) is 0 Å². The molecule has 1 aliphatic carbocycles. The molecular formula is C25H34N2O6S. The number of aryl methyl sites for hydroxylation is 1. The average molecular weight is 491 g/mol. The number of carbonyl (C=O) groups excluding carboxylic acids is 1. The SMILES string of the molecule is COc1ccc([C@H](C)NC(=O)COc2ccc(S(=O)(=O)NC3CCCCC3)cc2C)cc1OC. The second-order valence-corrected chi connectivity index (χ2v) is 10.3. The van der Waals surface area contributed by atoms with Crippen molar-refractivity contribution in [1.29, 1.82) is 0 Å². The summed E-state index contributed by atoms with van der Waals surface area (Å²) in [6.45, 7) is 3.44. The van der Waals surface area contributed by atoms with Gasteiger partial charge in [-0.3, -0.25) is 4.79 Å². The Kier molecular flexibility index (Phi) is 8.79. The summed E-state index contributed by atoms with van der Waals surface area (Å²) < 4.78 is 44.5. The Morgan fingerprint density at radius 3 is 2.32 bits per heavy atom. The molecule has 1 atom stereocenters. The lowest BCUT2D eigenvalue weighted by Gasteiger charge is -2.22. The molecule has 2 aromatic carbocycles. The molecule has 9 heteroatoms. The zero-order valence-electron chi connectivity index (χ0n) is 20.2. The molecule has 0 spiro atoms. The quantitative estimate of drug-likeness (QED) is 0.524. The monoisotopic (exact) mass is 490 g/mol. The number of sulfonamides is 1. The topological polar surface area (TPSA) is 103 Å². The highest BCUT2D eigenvalue weighted by molar-refractivity contribution is 7.89. The molecule has 186 valence electrons. The van der Waals surface area contributed by atoms with Gasteiger partial charge in [0.15, 0.2) is 18.1 Å². The summed E-state index contributed by atoms with van der Waals surface area (Å²) in [5.74, 6) is 1.37. The van der Waals surface area contributed by atoms with Crippen LogP contribution in [0.15, 0.2) is 41.3 Å². The first-order valence-corrected chi connectivity index (χ1v) is 13.0. The smallest absolute Gasteiger partial charge is 0.258 e. The molecule has 2 aromatic rings. The number of hydrogen-bond acceptors (Lipinski definition) is 6. The van der Waals surface area contributed by atoms with Crippen LogP contribution in [0, 0.1) is 6.92 Å². The molecule has 0 aromatic heterocycles. The van der Waals surface area contributed by atoms with Crippen LogP contribution in [0.25, 0.3) is 0 Å². The Labute approximate surface area is 202 Å². The lowest BCUT2D eigenvalue weighted by atomic mass is 9.96. The summed E-state index contributed by atoms with van der Waals surface area (Å²) in [4.78, 5) is 12.6. The minimum absolute atomic E-state index is 0.00802. The van der Waals surface area contributed by atoms with E-state index in [9.17, 15) is 13.2 Å². The van der Waals surface area contributed by atoms with Crippen LogP contribution in [0.4, 0.5) is 0 Å². The third-order valence-corrected chi connectivity index (χ3v) is 7.55. The number of ether oxygens (including phenoxy) is 3. The predicted molar refractivity (Wildman–Crippen MR) is 130 cm³/mol. The van der Waals surface area contributed by atoms with Crippen LogP contribution in [0.1, 0.15) is 56.2 Å². The second-order valence-electron chi connectivity index (χ2n) is 8.58. The molecule has 0 aliphatic heterocycles. The van der Waals surface area contributed by atoms with Gasteiger partial charge in [-0.15, -0.1) is 0 Å². The standard InChI is InChI=1S/C25H34N2O6S/c1-17-14-21(34(29,30)27-20-8-6-5-7-9-20)11-13-22(17)33-16-25(28)26-18(2)19-10-12-23(31-3)24(15-19)32-4/h10-15,18,20,27H,5-9,16H2,1-4H3,(H,26,28)/t18-/m0/s1. The number of nitrogens with one attached hydrogen (secondary N) is 2. The van der Waals surface area contributed by atoms with Crippen molar-refractivity contribution >= 4 is 15.9 Å². The fourth-order valence-corrected chi connectivity index (χ4v) is 5.48. The van der Waals surface area contributed by atoms with Gasteiger partial charge < -0.3 is 19.5 Å². The molecule has 34 heavy (non-hydrogen) atoms. The molecule has 1 amide bonds. The number of amides is 1. The normalized spacial score (nSPS) is 15.4. The maximum atomic E-state index is 12.7. The molecule has 0 radical (unpaired) electrons. The fourth-order valence-electron chi connectivity index (χ4n) is 4.09. The van der Waals surface area contributed by atoms with Crippen molar-refractivity contribution in [1.82, 2.24) is 10.0 Å². The molecular weight excluding hydrogens is 456 g/mol. The first-order chi connectivity index (χ1) is 16.2. The summed E-state index contributed by atoms with van der Waals surface area (Å²) in [5, 5.41) is 2.89. The van der Waals surface area contributed by atoms with Gasteiger partial charge in [-0.25, -0.2) is 13.1 Å². The van der Waals surface area contributed by atoms with Gasteiger partial charge in [0.25, 0.3) is 5.91 Å². The molecule has 1 aliphatic rings. The van der Waals surface area contributed by atoms with Crippen molar-refractivity contribution in [3.63, 3.8) is 0 Å². The minimum atomic E-state index is -3.59. The summed E-state index contributed by atoms with van der Waals surface area (Å²) in [7, 11) is -0.466. The maximum absolute atomic E-state index is 12.7. The Morgan fingerprint density at radius 2 is 1.68 bits per heavy atom. The Balaban J connectivity index is 1.57. The van der Waals surface area contributed by atoms with Crippen LogP contribution in [-0.2, 0) is 14.8 Å². The molecule has 1 saturated carbocycles.